The molecule has 1 atom stereocenters. The zero-order chi connectivity index (χ0) is 16.9. The lowest BCUT2D eigenvalue weighted by Crippen LogP contribution is -2.31. The van der Waals surface area contributed by atoms with Gasteiger partial charge in [0.1, 0.15) is 11.6 Å². The van der Waals surface area contributed by atoms with E-state index in [1.54, 1.807) is 13.2 Å². The molecule has 0 bridgehead atoms. The number of carbonyl (C=O) groups is 1. The lowest BCUT2D eigenvalue weighted by Gasteiger charge is -2.26. The van der Waals surface area contributed by atoms with Crippen LogP contribution in [-0.4, -0.2) is 18.8 Å². The molecule has 0 saturated carbocycles. The molecule has 2 aromatic rings. The topological polar surface area (TPSA) is 38.3 Å². The number of nitrogens with one attached hydrogen (secondary N) is 1. The average Bonchev–Trinajstić information content (AvgIpc) is 2.61. The van der Waals surface area contributed by atoms with Crippen LogP contribution in [0.2, 0.25) is 0 Å². The van der Waals surface area contributed by atoms with E-state index in [0.717, 1.165) is 29.1 Å². The number of amides is 1. The van der Waals surface area contributed by atoms with Crippen molar-refractivity contribution in [2.45, 2.75) is 30.2 Å². The molecule has 0 aromatic heterocycles. The average molecular weight is 345 g/mol. The van der Waals surface area contributed by atoms with Gasteiger partial charge in [-0.05, 0) is 36.1 Å². The third kappa shape index (κ3) is 3.73. The van der Waals surface area contributed by atoms with Gasteiger partial charge in [-0.25, -0.2) is 4.39 Å². The maximum absolute atomic E-state index is 13.9. The first-order chi connectivity index (χ1) is 11.7. The Morgan fingerprint density at radius 1 is 1.29 bits per heavy atom. The van der Waals surface area contributed by atoms with Crippen LogP contribution in [0.3, 0.4) is 0 Å². The Balaban J connectivity index is 1.63. The highest BCUT2D eigenvalue weighted by Crippen LogP contribution is 2.37. The first kappa shape index (κ1) is 16.8. The van der Waals surface area contributed by atoms with Crippen molar-refractivity contribution in [3.05, 3.63) is 59.4 Å². The van der Waals surface area contributed by atoms with Crippen molar-refractivity contribution in [1.29, 1.82) is 0 Å². The number of thioether (sulfide) groups is 1. The minimum Gasteiger partial charge on any atom is -0.496 e. The fourth-order valence-electron chi connectivity index (χ4n) is 2.96. The molecule has 1 heterocycles. The van der Waals surface area contributed by atoms with E-state index < -0.39 is 0 Å². The van der Waals surface area contributed by atoms with Crippen LogP contribution in [0.5, 0.6) is 5.75 Å². The number of carbonyl (C=O) groups excluding carboxylic acids is 1. The molecule has 2 aromatic carbocycles. The molecule has 0 spiro atoms. The molecule has 3 rings (SSSR count). The number of hydrogen-bond donors (Lipinski definition) is 1. The van der Waals surface area contributed by atoms with Crippen molar-refractivity contribution in [1.82, 2.24) is 5.32 Å². The molecule has 0 unspecified atom stereocenters. The molecule has 5 heteroatoms. The van der Waals surface area contributed by atoms with Crippen LogP contribution >= 0.6 is 11.8 Å². The molecule has 0 saturated heterocycles. The fraction of sp³-hybridized carbons (Fsp3) is 0.316. The van der Waals surface area contributed by atoms with Crippen LogP contribution in [-0.2, 0) is 11.2 Å². The summed E-state index contributed by atoms with van der Waals surface area (Å²) in [6.45, 7) is 0. The number of aryl methyl sites for hydroxylation is 1. The van der Waals surface area contributed by atoms with E-state index in [0.29, 0.717) is 17.7 Å². The number of hydrogen-bond acceptors (Lipinski definition) is 3. The Labute approximate surface area is 145 Å². The van der Waals surface area contributed by atoms with Crippen molar-refractivity contribution in [3.8, 4) is 5.75 Å². The molecule has 1 aliphatic heterocycles. The number of methoxy groups -OCH3 is 1. The van der Waals surface area contributed by atoms with Crippen molar-refractivity contribution in [2.75, 3.05) is 12.9 Å². The van der Waals surface area contributed by atoms with E-state index in [9.17, 15) is 9.18 Å². The maximum atomic E-state index is 13.9. The van der Waals surface area contributed by atoms with Crippen molar-refractivity contribution in [2.24, 2.45) is 0 Å². The van der Waals surface area contributed by atoms with Crippen LogP contribution in [0.4, 0.5) is 4.39 Å². The smallest absolute Gasteiger partial charge is 0.220 e. The standard InChI is InChI=1S/C19H20FNO2S/c1-23-17-8-3-2-5-13(17)9-10-18(22)21-16-11-12-24-19-14(16)6-4-7-15(19)20/h2-8,16H,9-12H2,1H3,(H,21,22)/t16-/m0/s1. The van der Waals surface area contributed by atoms with E-state index in [4.69, 9.17) is 4.74 Å². The summed E-state index contributed by atoms with van der Waals surface area (Å²) in [6.07, 6.45) is 1.82. The zero-order valence-electron chi connectivity index (χ0n) is 13.5. The second-order valence-electron chi connectivity index (χ2n) is 5.73. The summed E-state index contributed by atoms with van der Waals surface area (Å²) < 4.78 is 19.2. The largest absolute Gasteiger partial charge is 0.496 e. The number of benzene rings is 2. The van der Waals surface area contributed by atoms with Gasteiger partial charge in [0, 0.05) is 17.1 Å². The monoisotopic (exact) mass is 345 g/mol. The number of rotatable bonds is 5. The fourth-order valence-corrected chi connectivity index (χ4v) is 4.10. The molecule has 1 amide bonds. The van der Waals surface area contributed by atoms with Gasteiger partial charge < -0.3 is 10.1 Å². The van der Waals surface area contributed by atoms with Gasteiger partial charge in [0.05, 0.1) is 13.2 Å². The van der Waals surface area contributed by atoms with Crippen molar-refractivity contribution < 1.29 is 13.9 Å². The summed E-state index contributed by atoms with van der Waals surface area (Å²) >= 11 is 1.52. The van der Waals surface area contributed by atoms with E-state index >= 15 is 0 Å². The summed E-state index contributed by atoms with van der Waals surface area (Å²) in [7, 11) is 1.63. The number of para-hydroxylation sites is 1. The number of halogens is 1. The van der Waals surface area contributed by atoms with Gasteiger partial charge in [-0.1, -0.05) is 30.3 Å². The first-order valence-corrected chi connectivity index (χ1v) is 9.00. The summed E-state index contributed by atoms with van der Waals surface area (Å²) in [5.41, 5.74) is 1.90. The molecule has 0 fully saturated rings. The summed E-state index contributed by atoms with van der Waals surface area (Å²) in [6, 6.07) is 12.7. The third-order valence-electron chi connectivity index (χ3n) is 4.17. The summed E-state index contributed by atoms with van der Waals surface area (Å²) in [4.78, 5) is 13.0. The van der Waals surface area contributed by atoms with Crippen LogP contribution in [0.15, 0.2) is 47.4 Å². The maximum Gasteiger partial charge on any atom is 0.220 e. The van der Waals surface area contributed by atoms with Crippen LogP contribution in [0.1, 0.15) is 30.0 Å². The predicted molar refractivity (Wildman–Crippen MR) is 93.9 cm³/mol. The Morgan fingerprint density at radius 2 is 2.12 bits per heavy atom. The quantitative estimate of drug-likeness (QED) is 0.886. The molecule has 126 valence electrons. The Hall–Kier alpha value is -2.01. The van der Waals surface area contributed by atoms with Crippen LogP contribution in [0.25, 0.3) is 0 Å². The van der Waals surface area contributed by atoms with Gasteiger partial charge in [-0.3, -0.25) is 4.79 Å². The molecule has 3 nitrogen and oxygen atoms in total. The molecule has 24 heavy (non-hydrogen) atoms. The lowest BCUT2D eigenvalue weighted by molar-refractivity contribution is -0.121. The molecular formula is C19H20FNO2S. The molecule has 1 N–H and O–H groups in total. The minimum absolute atomic E-state index is 0.0204. The second-order valence-corrected chi connectivity index (χ2v) is 6.83. The zero-order valence-corrected chi connectivity index (χ0v) is 14.4. The number of fused-ring (bicyclic) bond motifs is 1. The molecule has 0 aliphatic carbocycles. The summed E-state index contributed by atoms with van der Waals surface area (Å²) in [5.74, 6) is 1.39. The lowest BCUT2D eigenvalue weighted by atomic mass is 10.0. The van der Waals surface area contributed by atoms with Gasteiger partial charge in [0.2, 0.25) is 5.91 Å². The van der Waals surface area contributed by atoms with Crippen molar-refractivity contribution in [3.63, 3.8) is 0 Å². The molecule has 0 radical (unpaired) electrons. The minimum atomic E-state index is -0.203. The SMILES string of the molecule is COc1ccccc1CCC(=O)N[C@H]1CCSc2c(F)cccc21. The highest BCUT2D eigenvalue weighted by molar-refractivity contribution is 7.99. The van der Waals surface area contributed by atoms with Crippen LogP contribution in [0, 0.1) is 5.82 Å². The van der Waals surface area contributed by atoms with E-state index in [2.05, 4.69) is 5.32 Å². The van der Waals surface area contributed by atoms with Crippen molar-refractivity contribution >= 4 is 17.7 Å². The Kier molecular flexibility index (Phi) is 5.41. The first-order valence-electron chi connectivity index (χ1n) is 8.01. The normalized spacial score (nSPS) is 16.3. The van der Waals surface area contributed by atoms with E-state index in [-0.39, 0.29) is 17.8 Å². The third-order valence-corrected chi connectivity index (χ3v) is 5.33. The highest BCUT2D eigenvalue weighted by Gasteiger charge is 2.24. The Bertz CT molecular complexity index is 735. The Morgan fingerprint density at radius 3 is 2.96 bits per heavy atom. The number of ether oxygens (including phenoxy) is 1. The highest BCUT2D eigenvalue weighted by atomic mass is 32.2. The van der Waals surface area contributed by atoms with Gasteiger partial charge in [-0.15, -0.1) is 11.8 Å². The second kappa shape index (κ2) is 7.71. The van der Waals surface area contributed by atoms with E-state index in [1.807, 2.05) is 30.3 Å². The van der Waals surface area contributed by atoms with Gasteiger partial charge >= 0.3 is 0 Å². The van der Waals surface area contributed by atoms with Gasteiger partial charge in [0.15, 0.2) is 0 Å². The van der Waals surface area contributed by atoms with Gasteiger partial charge in [-0.2, -0.15) is 0 Å². The summed E-state index contributed by atoms with van der Waals surface area (Å²) in [5, 5.41) is 3.05. The van der Waals surface area contributed by atoms with Gasteiger partial charge in [0.25, 0.3) is 0 Å². The predicted octanol–water partition coefficient (Wildman–Crippen LogP) is 4.12. The molecule has 1 aliphatic rings. The molecular weight excluding hydrogens is 325 g/mol. The van der Waals surface area contributed by atoms with Crippen LogP contribution < -0.4 is 10.1 Å². The van der Waals surface area contributed by atoms with E-state index in [1.165, 1.54) is 17.8 Å².